The number of hydrazine groups is 1. The Balaban J connectivity index is 2.79. The third-order valence-electron chi connectivity index (χ3n) is 1.67. The van der Waals surface area contributed by atoms with Gasteiger partial charge in [-0.15, -0.1) is 0 Å². The van der Waals surface area contributed by atoms with E-state index in [1.807, 2.05) is 18.2 Å². The molecule has 12 heavy (non-hydrogen) atoms. The van der Waals surface area contributed by atoms with Crippen molar-refractivity contribution in [3.8, 4) is 0 Å². The molecular weight excluding hydrogens is 152 g/mol. The topological polar surface area (TPSA) is 63.8 Å². The van der Waals surface area contributed by atoms with E-state index in [0.29, 0.717) is 5.82 Å². The smallest absolute Gasteiger partial charge is 0.149 e. The molecule has 4 nitrogen and oxygen atoms in total. The maximum Gasteiger partial charge on any atom is 0.149 e. The Morgan fingerprint density at radius 3 is 2.92 bits per heavy atom. The number of nitrogen functional groups attached to an aromatic ring is 1. The number of nitrogens with two attached hydrogens (primary N) is 1. The average molecular weight is 160 g/mol. The minimum Gasteiger partial charge on any atom is -0.308 e. The highest BCUT2D eigenvalue weighted by molar-refractivity contribution is 5.88. The van der Waals surface area contributed by atoms with Crippen molar-refractivity contribution >= 4 is 16.7 Å². The molecule has 0 radical (unpaired) electrons. The number of aromatic nitrogens is 2. The van der Waals surface area contributed by atoms with Crippen molar-refractivity contribution in [2.75, 3.05) is 5.43 Å². The fourth-order valence-corrected chi connectivity index (χ4v) is 1.12. The predicted molar refractivity (Wildman–Crippen MR) is 47.3 cm³/mol. The van der Waals surface area contributed by atoms with Crippen molar-refractivity contribution in [2.24, 2.45) is 5.84 Å². The van der Waals surface area contributed by atoms with Gasteiger partial charge in [0, 0.05) is 17.8 Å². The first kappa shape index (κ1) is 7.00. The van der Waals surface area contributed by atoms with Gasteiger partial charge in [-0.05, 0) is 18.2 Å². The molecule has 0 spiro atoms. The molecular formula is C8H8N4. The van der Waals surface area contributed by atoms with Gasteiger partial charge in [-0.1, -0.05) is 0 Å². The Labute approximate surface area is 69.4 Å². The molecule has 0 aliphatic carbocycles. The van der Waals surface area contributed by atoms with Gasteiger partial charge in [0.05, 0.1) is 5.52 Å². The highest BCUT2D eigenvalue weighted by Gasteiger charge is 1.98. The van der Waals surface area contributed by atoms with E-state index in [1.54, 1.807) is 12.4 Å². The monoisotopic (exact) mass is 160 g/mol. The fraction of sp³-hybridized carbons (Fsp3) is 0. The van der Waals surface area contributed by atoms with Crippen LogP contribution in [-0.2, 0) is 0 Å². The lowest BCUT2D eigenvalue weighted by molar-refractivity contribution is 1.24. The summed E-state index contributed by atoms with van der Waals surface area (Å²) < 4.78 is 0. The predicted octanol–water partition coefficient (Wildman–Crippen LogP) is 0.915. The fourth-order valence-electron chi connectivity index (χ4n) is 1.12. The van der Waals surface area contributed by atoms with Gasteiger partial charge in [-0.25, -0.2) is 10.8 Å². The Kier molecular flexibility index (Phi) is 1.60. The minimum absolute atomic E-state index is 0.653. The Bertz CT molecular complexity index is 394. The van der Waals surface area contributed by atoms with E-state index in [2.05, 4.69) is 15.4 Å². The quantitative estimate of drug-likeness (QED) is 0.481. The summed E-state index contributed by atoms with van der Waals surface area (Å²) in [5.74, 6) is 5.93. The Morgan fingerprint density at radius 2 is 2.08 bits per heavy atom. The van der Waals surface area contributed by atoms with E-state index in [1.165, 1.54) is 0 Å². The maximum absolute atomic E-state index is 5.28. The number of rotatable bonds is 1. The first-order valence-corrected chi connectivity index (χ1v) is 3.58. The molecule has 0 fully saturated rings. The summed E-state index contributed by atoms with van der Waals surface area (Å²) in [7, 11) is 0. The molecule has 0 saturated carbocycles. The van der Waals surface area contributed by atoms with Crippen molar-refractivity contribution in [1.29, 1.82) is 0 Å². The highest BCUT2D eigenvalue weighted by Crippen LogP contribution is 2.16. The average Bonchev–Trinajstić information content (AvgIpc) is 2.17. The van der Waals surface area contributed by atoms with E-state index in [0.717, 1.165) is 10.9 Å². The number of pyridine rings is 2. The van der Waals surface area contributed by atoms with Crippen LogP contribution in [0.4, 0.5) is 5.82 Å². The van der Waals surface area contributed by atoms with Crippen molar-refractivity contribution < 1.29 is 0 Å². The van der Waals surface area contributed by atoms with Crippen LogP contribution in [0.15, 0.2) is 30.6 Å². The number of fused-ring (bicyclic) bond motifs is 1. The number of hydrogen-bond acceptors (Lipinski definition) is 4. The molecule has 0 bridgehead atoms. The zero-order chi connectivity index (χ0) is 8.39. The number of hydrogen-bond donors (Lipinski definition) is 2. The first-order valence-electron chi connectivity index (χ1n) is 3.58. The Morgan fingerprint density at radius 1 is 1.17 bits per heavy atom. The molecule has 0 atom stereocenters. The van der Waals surface area contributed by atoms with Crippen LogP contribution in [-0.4, -0.2) is 9.97 Å². The summed E-state index contributed by atoms with van der Waals surface area (Å²) in [4.78, 5) is 8.20. The van der Waals surface area contributed by atoms with Crippen LogP contribution in [0.2, 0.25) is 0 Å². The molecule has 4 heteroatoms. The molecule has 0 aliphatic rings. The van der Waals surface area contributed by atoms with E-state index in [4.69, 9.17) is 5.84 Å². The summed E-state index contributed by atoms with van der Waals surface area (Å²) in [6, 6.07) is 5.62. The molecule has 0 amide bonds. The summed E-state index contributed by atoms with van der Waals surface area (Å²) in [6.45, 7) is 0. The third-order valence-corrected chi connectivity index (χ3v) is 1.67. The lowest BCUT2D eigenvalue weighted by Crippen LogP contribution is -2.08. The minimum atomic E-state index is 0.653. The van der Waals surface area contributed by atoms with Gasteiger partial charge in [0.15, 0.2) is 0 Å². The molecule has 0 aliphatic heterocycles. The molecule has 60 valence electrons. The molecule has 3 N–H and O–H groups in total. The normalized spacial score (nSPS) is 10.1. The van der Waals surface area contributed by atoms with Gasteiger partial charge in [-0.2, -0.15) is 0 Å². The summed E-state index contributed by atoms with van der Waals surface area (Å²) >= 11 is 0. The molecule has 0 aromatic carbocycles. The standard InChI is InChI=1S/C8H8N4/c9-12-8-6-2-1-4-10-7(6)3-5-11-8/h1-5H,9H2,(H,11,12). The lowest BCUT2D eigenvalue weighted by atomic mass is 10.2. The van der Waals surface area contributed by atoms with Crippen LogP contribution in [0.25, 0.3) is 10.9 Å². The zero-order valence-electron chi connectivity index (χ0n) is 6.36. The summed E-state index contributed by atoms with van der Waals surface area (Å²) in [5.41, 5.74) is 3.41. The van der Waals surface area contributed by atoms with E-state index >= 15 is 0 Å². The van der Waals surface area contributed by atoms with Crippen LogP contribution in [0.3, 0.4) is 0 Å². The summed E-state index contributed by atoms with van der Waals surface area (Å²) in [6.07, 6.45) is 3.41. The zero-order valence-corrected chi connectivity index (χ0v) is 6.36. The number of anilines is 1. The second kappa shape index (κ2) is 2.75. The molecule has 0 unspecified atom stereocenters. The lowest BCUT2D eigenvalue weighted by Gasteiger charge is -2.01. The van der Waals surface area contributed by atoms with E-state index in [-0.39, 0.29) is 0 Å². The van der Waals surface area contributed by atoms with Gasteiger partial charge >= 0.3 is 0 Å². The molecule has 2 rings (SSSR count). The number of nitrogens with zero attached hydrogens (tertiary/aromatic N) is 2. The van der Waals surface area contributed by atoms with Crippen molar-refractivity contribution in [1.82, 2.24) is 9.97 Å². The molecule has 0 saturated heterocycles. The second-order valence-electron chi connectivity index (χ2n) is 2.37. The van der Waals surface area contributed by atoms with Gasteiger partial charge in [0.25, 0.3) is 0 Å². The highest BCUT2D eigenvalue weighted by atomic mass is 15.2. The van der Waals surface area contributed by atoms with Gasteiger partial charge in [-0.3, -0.25) is 4.98 Å². The van der Waals surface area contributed by atoms with Gasteiger partial charge < -0.3 is 5.43 Å². The van der Waals surface area contributed by atoms with Crippen LogP contribution in [0, 0.1) is 0 Å². The van der Waals surface area contributed by atoms with E-state index < -0.39 is 0 Å². The van der Waals surface area contributed by atoms with Gasteiger partial charge in [0.2, 0.25) is 0 Å². The molecule has 2 heterocycles. The second-order valence-corrected chi connectivity index (χ2v) is 2.37. The maximum atomic E-state index is 5.28. The van der Waals surface area contributed by atoms with Crippen molar-refractivity contribution in [3.05, 3.63) is 30.6 Å². The van der Waals surface area contributed by atoms with Crippen LogP contribution in [0.5, 0.6) is 0 Å². The molecule has 2 aromatic heterocycles. The number of nitrogens with one attached hydrogen (secondary N) is 1. The van der Waals surface area contributed by atoms with Crippen LogP contribution in [0.1, 0.15) is 0 Å². The first-order chi connectivity index (χ1) is 5.92. The Hall–Kier alpha value is -1.68. The van der Waals surface area contributed by atoms with Crippen molar-refractivity contribution in [2.45, 2.75) is 0 Å². The van der Waals surface area contributed by atoms with E-state index in [9.17, 15) is 0 Å². The van der Waals surface area contributed by atoms with Gasteiger partial charge in [0.1, 0.15) is 5.82 Å². The largest absolute Gasteiger partial charge is 0.308 e. The summed E-state index contributed by atoms with van der Waals surface area (Å²) in [5, 5.41) is 0.933. The third kappa shape index (κ3) is 0.981. The van der Waals surface area contributed by atoms with Crippen LogP contribution >= 0.6 is 0 Å². The SMILES string of the molecule is NNc1nccc2ncccc12. The molecule has 2 aromatic rings. The van der Waals surface area contributed by atoms with Crippen molar-refractivity contribution in [3.63, 3.8) is 0 Å². The van der Waals surface area contributed by atoms with Crippen LogP contribution < -0.4 is 11.3 Å².